The Hall–Kier alpha value is -1.36. The van der Waals surface area contributed by atoms with Crippen molar-refractivity contribution in [1.29, 1.82) is 0 Å². The molecule has 0 saturated carbocycles. The van der Waals surface area contributed by atoms with E-state index in [1.165, 1.54) is 0 Å². The van der Waals surface area contributed by atoms with Gasteiger partial charge in [0.15, 0.2) is 22.4 Å². The molecule has 20 heavy (non-hydrogen) atoms. The third-order valence-electron chi connectivity index (χ3n) is 3.21. The lowest BCUT2D eigenvalue weighted by Gasteiger charge is -1.96. The Kier molecular flexibility index (Phi) is 5.59. The van der Waals surface area contributed by atoms with E-state index in [0.29, 0.717) is 12.6 Å². The smallest absolute Gasteiger partial charge is 0.0681 e. The lowest BCUT2D eigenvalue weighted by molar-refractivity contribution is 0.582. The minimum Gasteiger partial charge on any atom is -0.0681 e. The summed E-state index contributed by atoms with van der Waals surface area (Å²) in [4.78, 5) is 0. The van der Waals surface area contributed by atoms with Crippen molar-refractivity contribution in [2.45, 2.75) is 19.0 Å². The van der Waals surface area contributed by atoms with Crippen LogP contribution in [0.2, 0.25) is 0 Å². The van der Waals surface area contributed by atoms with Crippen molar-refractivity contribution in [3.63, 3.8) is 0 Å². The first-order valence-corrected chi connectivity index (χ1v) is 9.47. The van der Waals surface area contributed by atoms with Crippen LogP contribution in [-0.2, 0) is 9.13 Å². The maximum absolute atomic E-state index is 12.3. The minimum atomic E-state index is -1.41. The predicted molar refractivity (Wildman–Crippen MR) is 86.3 cm³/mol. The Labute approximate surface area is 121 Å². The second-order valence-electron chi connectivity index (χ2n) is 4.74. The van der Waals surface area contributed by atoms with Crippen molar-refractivity contribution in [2.75, 3.05) is 6.16 Å². The maximum atomic E-state index is 12.3. The highest BCUT2D eigenvalue weighted by molar-refractivity contribution is 7.55. The molecular weight excluding hydrogens is 286 g/mol. The van der Waals surface area contributed by atoms with E-state index in [4.69, 9.17) is 0 Å². The van der Waals surface area contributed by atoms with Crippen LogP contribution >= 0.6 is 15.6 Å². The van der Waals surface area contributed by atoms with Gasteiger partial charge in [0.25, 0.3) is 0 Å². The molecule has 102 valence electrons. The van der Waals surface area contributed by atoms with Gasteiger partial charge in [-0.3, -0.25) is 0 Å². The van der Waals surface area contributed by atoms with E-state index in [2.05, 4.69) is 0 Å². The van der Waals surface area contributed by atoms with Gasteiger partial charge in [-0.05, 0) is 31.2 Å². The fourth-order valence-corrected chi connectivity index (χ4v) is 4.90. The number of hydrogen-bond donors (Lipinski definition) is 0. The minimum absolute atomic E-state index is 0.0510. The molecule has 0 aliphatic rings. The molecular formula is C16H18O2P2+2. The van der Waals surface area contributed by atoms with Crippen LogP contribution < -0.4 is 10.6 Å². The molecule has 0 radical (unpaired) electrons. The molecule has 0 fully saturated rings. The second kappa shape index (κ2) is 7.43. The molecule has 0 heterocycles. The van der Waals surface area contributed by atoms with Gasteiger partial charge in [0.2, 0.25) is 0 Å². The van der Waals surface area contributed by atoms with Gasteiger partial charge in [0.1, 0.15) is 0 Å². The molecule has 0 N–H and O–H groups in total. The van der Waals surface area contributed by atoms with E-state index in [9.17, 15) is 9.13 Å². The molecule has 2 rings (SSSR count). The molecule has 2 aromatic rings. The summed E-state index contributed by atoms with van der Waals surface area (Å²) < 4.78 is 24.5. The zero-order chi connectivity index (χ0) is 14.4. The van der Waals surface area contributed by atoms with Crippen LogP contribution in [0, 0.1) is 0 Å². The molecule has 4 heteroatoms. The summed E-state index contributed by atoms with van der Waals surface area (Å²) in [6, 6.07) is 19.0. The van der Waals surface area contributed by atoms with Gasteiger partial charge in [-0.1, -0.05) is 45.5 Å². The molecule has 3 atom stereocenters. The van der Waals surface area contributed by atoms with Crippen molar-refractivity contribution in [3.8, 4) is 0 Å². The standard InChI is InChI=1S/C16H18O2P2/c1-14(20(18)16-10-6-3-7-11-16)12-13-19(17)15-8-4-2-5-9-15/h2-11,14H,12-13H2,1H3/q+2. The third-order valence-corrected chi connectivity index (χ3v) is 6.61. The van der Waals surface area contributed by atoms with E-state index in [1.54, 1.807) is 0 Å². The first-order chi connectivity index (χ1) is 9.68. The summed E-state index contributed by atoms with van der Waals surface area (Å²) in [7, 11) is -2.80. The van der Waals surface area contributed by atoms with Crippen molar-refractivity contribution >= 4 is 26.2 Å². The normalized spacial score (nSPS) is 13.7. The largest absolute Gasteiger partial charge is 0.379 e. The molecule has 0 bridgehead atoms. The summed E-state index contributed by atoms with van der Waals surface area (Å²) in [5.74, 6) is 0. The lowest BCUT2D eigenvalue weighted by atomic mass is 10.4. The van der Waals surface area contributed by atoms with E-state index in [-0.39, 0.29) is 5.66 Å². The van der Waals surface area contributed by atoms with Crippen LogP contribution in [0.15, 0.2) is 60.7 Å². The van der Waals surface area contributed by atoms with Crippen LogP contribution in [0.1, 0.15) is 13.3 Å². The maximum Gasteiger partial charge on any atom is 0.379 e. The zero-order valence-corrected chi connectivity index (χ0v) is 13.3. The van der Waals surface area contributed by atoms with Crippen LogP contribution in [0.25, 0.3) is 0 Å². The quantitative estimate of drug-likeness (QED) is 0.754. The SMILES string of the molecule is CC(CC[P+](=O)c1ccccc1)[P+](=O)c1ccccc1. The third kappa shape index (κ3) is 4.07. The van der Waals surface area contributed by atoms with Gasteiger partial charge in [-0.15, -0.1) is 0 Å². The van der Waals surface area contributed by atoms with E-state index in [0.717, 1.165) is 10.6 Å². The number of hydrogen-bond acceptors (Lipinski definition) is 2. The molecule has 0 spiro atoms. The number of benzene rings is 2. The Morgan fingerprint density at radius 2 is 1.35 bits per heavy atom. The van der Waals surface area contributed by atoms with Gasteiger partial charge in [-0.2, -0.15) is 0 Å². The average Bonchev–Trinajstić information content (AvgIpc) is 2.53. The lowest BCUT2D eigenvalue weighted by Crippen LogP contribution is -2.08. The summed E-state index contributed by atoms with van der Waals surface area (Å²) >= 11 is 0. The highest BCUT2D eigenvalue weighted by Crippen LogP contribution is 2.32. The highest BCUT2D eigenvalue weighted by atomic mass is 31.1. The highest BCUT2D eigenvalue weighted by Gasteiger charge is 2.31. The Balaban J connectivity index is 1.91. The van der Waals surface area contributed by atoms with Crippen molar-refractivity contribution in [3.05, 3.63) is 60.7 Å². The zero-order valence-electron chi connectivity index (χ0n) is 11.5. The molecule has 0 saturated heterocycles. The second-order valence-corrected chi connectivity index (χ2v) is 8.51. The van der Waals surface area contributed by atoms with Gasteiger partial charge in [0.05, 0.1) is 0 Å². The average molecular weight is 304 g/mol. The summed E-state index contributed by atoms with van der Waals surface area (Å²) in [6.45, 7) is 1.97. The van der Waals surface area contributed by atoms with Gasteiger partial charge < -0.3 is 0 Å². The Bertz CT molecular complexity index is 582. The monoisotopic (exact) mass is 304 g/mol. The van der Waals surface area contributed by atoms with E-state index >= 15 is 0 Å². The molecule has 2 nitrogen and oxygen atoms in total. The van der Waals surface area contributed by atoms with Crippen LogP contribution in [0.5, 0.6) is 0 Å². The predicted octanol–water partition coefficient (Wildman–Crippen LogP) is 4.07. The van der Waals surface area contributed by atoms with Crippen molar-refractivity contribution in [2.24, 2.45) is 0 Å². The van der Waals surface area contributed by atoms with Crippen molar-refractivity contribution in [1.82, 2.24) is 0 Å². The molecule has 0 aromatic heterocycles. The topological polar surface area (TPSA) is 34.1 Å². The number of rotatable bonds is 6. The summed E-state index contributed by atoms with van der Waals surface area (Å²) in [5, 5.41) is 1.76. The summed E-state index contributed by atoms with van der Waals surface area (Å²) in [5.41, 5.74) is 0.0510. The molecule has 0 aliphatic heterocycles. The van der Waals surface area contributed by atoms with Crippen LogP contribution in [-0.4, -0.2) is 11.8 Å². The van der Waals surface area contributed by atoms with E-state index in [1.807, 2.05) is 67.6 Å². The van der Waals surface area contributed by atoms with Crippen LogP contribution in [0.3, 0.4) is 0 Å². The van der Waals surface area contributed by atoms with Gasteiger partial charge in [0, 0.05) is 6.42 Å². The first-order valence-electron chi connectivity index (χ1n) is 6.69. The van der Waals surface area contributed by atoms with Crippen LogP contribution in [0.4, 0.5) is 0 Å². The van der Waals surface area contributed by atoms with Crippen molar-refractivity contribution < 1.29 is 9.13 Å². The molecule has 3 unspecified atom stereocenters. The Morgan fingerprint density at radius 1 is 0.850 bits per heavy atom. The molecule has 0 aliphatic carbocycles. The summed E-state index contributed by atoms with van der Waals surface area (Å²) in [6.07, 6.45) is 1.31. The fourth-order valence-electron chi connectivity index (χ4n) is 1.97. The molecule has 2 aromatic carbocycles. The van der Waals surface area contributed by atoms with Gasteiger partial charge in [-0.25, -0.2) is 0 Å². The van der Waals surface area contributed by atoms with Gasteiger partial charge >= 0.3 is 15.6 Å². The Morgan fingerprint density at radius 3 is 1.90 bits per heavy atom. The first kappa shape index (κ1) is 15.0. The fraction of sp³-hybridized carbons (Fsp3) is 0.250. The molecule has 0 amide bonds. The van der Waals surface area contributed by atoms with E-state index < -0.39 is 15.6 Å².